The summed E-state index contributed by atoms with van der Waals surface area (Å²) in [5.41, 5.74) is 12.9. The van der Waals surface area contributed by atoms with Crippen molar-refractivity contribution in [1.29, 1.82) is 0 Å². The number of furan rings is 1. The van der Waals surface area contributed by atoms with Crippen LogP contribution in [0.25, 0.3) is 44.2 Å². The molecule has 1 aromatic heterocycles. The Balaban J connectivity index is 1.18. The number of hydrogen-bond acceptors (Lipinski definition) is 2. The van der Waals surface area contributed by atoms with Crippen LogP contribution in [0.2, 0.25) is 0 Å². The quantitative estimate of drug-likeness (QED) is 0.167. The maximum atomic E-state index is 6.46. The molecule has 0 radical (unpaired) electrons. The monoisotopic (exact) mass is 673 g/mol. The molecule has 0 aliphatic heterocycles. The van der Waals surface area contributed by atoms with Gasteiger partial charge in [-0.2, -0.15) is 0 Å². The van der Waals surface area contributed by atoms with Gasteiger partial charge in [0.2, 0.25) is 0 Å². The molecule has 2 nitrogen and oxygen atoms in total. The number of nitrogens with zero attached hydrogens (tertiary/aromatic N) is 1. The number of rotatable bonds is 7. The molecule has 7 aromatic carbocycles. The molecule has 1 heterocycles. The molecule has 0 spiro atoms. The summed E-state index contributed by atoms with van der Waals surface area (Å²) < 4.78 is 6.46. The van der Waals surface area contributed by atoms with Gasteiger partial charge in [0.15, 0.2) is 0 Å². The maximum Gasteiger partial charge on any atom is 0.136 e. The first kappa shape index (κ1) is 32.1. The predicted octanol–water partition coefficient (Wildman–Crippen LogP) is 14.4. The van der Waals surface area contributed by atoms with Gasteiger partial charge in [-0.25, -0.2) is 0 Å². The minimum atomic E-state index is 0.0326. The molecule has 0 atom stereocenters. The molecule has 1 aliphatic carbocycles. The van der Waals surface area contributed by atoms with Gasteiger partial charge in [-0.15, -0.1) is 0 Å². The fourth-order valence-corrected chi connectivity index (χ4v) is 8.63. The van der Waals surface area contributed by atoms with Crippen LogP contribution in [0.15, 0.2) is 180 Å². The Morgan fingerprint density at radius 1 is 0.404 bits per heavy atom. The van der Waals surface area contributed by atoms with Crippen molar-refractivity contribution in [3.05, 3.63) is 187 Å². The molecule has 1 fully saturated rings. The largest absolute Gasteiger partial charge is 0.456 e. The minimum Gasteiger partial charge on any atom is -0.456 e. The summed E-state index contributed by atoms with van der Waals surface area (Å²) in [6, 6.07) is 64.0. The van der Waals surface area contributed by atoms with Crippen molar-refractivity contribution in [2.24, 2.45) is 0 Å². The highest BCUT2D eigenvalue weighted by Crippen LogP contribution is 2.46. The molecule has 2 heteroatoms. The second-order valence-electron chi connectivity index (χ2n) is 14.3. The second-order valence-corrected chi connectivity index (χ2v) is 14.3. The van der Waals surface area contributed by atoms with Crippen LogP contribution in [0.1, 0.15) is 56.1 Å². The number of fused-ring (bicyclic) bond motifs is 3. The van der Waals surface area contributed by atoms with E-state index in [-0.39, 0.29) is 5.41 Å². The SMILES string of the molecule is c1ccc(-c2ccc(N(c3ccc(C4(c5ccccc5)CCCCCCC4)cc3)c3ccc4oc5cccc(-c6ccccc6)c5c4c3)cc2)cc1. The smallest absolute Gasteiger partial charge is 0.136 e. The molecule has 1 aliphatic rings. The third-order valence-electron chi connectivity index (χ3n) is 11.3. The Labute approximate surface area is 307 Å². The van der Waals surface area contributed by atoms with Gasteiger partial charge in [-0.3, -0.25) is 0 Å². The van der Waals surface area contributed by atoms with Crippen LogP contribution in [-0.4, -0.2) is 0 Å². The predicted molar refractivity (Wildman–Crippen MR) is 219 cm³/mol. The zero-order valence-electron chi connectivity index (χ0n) is 29.5. The van der Waals surface area contributed by atoms with Crippen LogP contribution in [0, 0.1) is 0 Å². The Morgan fingerprint density at radius 3 is 1.62 bits per heavy atom. The summed E-state index contributed by atoms with van der Waals surface area (Å²) in [5.74, 6) is 0. The first-order valence-corrected chi connectivity index (χ1v) is 18.9. The van der Waals surface area contributed by atoms with E-state index in [1.165, 1.54) is 78.3 Å². The van der Waals surface area contributed by atoms with Crippen LogP contribution in [-0.2, 0) is 5.41 Å². The van der Waals surface area contributed by atoms with Crippen LogP contribution in [0.5, 0.6) is 0 Å². The maximum absolute atomic E-state index is 6.46. The number of hydrogen-bond donors (Lipinski definition) is 0. The lowest BCUT2D eigenvalue weighted by Crippen LogP contribution is -2.29. The highest BCUT2D eigenvalue weighted by atomic mass is 16.3. The van der Waals surface area contributed by atoms with Gasteiger partial charge in [-0.1, -0.05) is 159 Å². The van der Waals surface area contributed by atoms with Crippen LogP contribution >= 0.6 is 0 Å². The lowest BCUT2D eigenvalue weighted by atomic mass is 9.67. The van der Waals surface area contributed by atoms with Crippen LogP contribution in [0.3, 0.4) is 0 Å². The van der Waals surface area contributed by atoms with Crippen molar-refractivity contribution in [2.45, 2.75) is 50.4 Å². The van der Waals surface area contributed by atoms with Gasteiger partial charge < -0.3 is 9.32 Å². The summed E-state index contributed by atoms with van der Waals surface area (Å²) in [5, 5.41) is 2.27. The molecule has 0 unspecified atom stereocenters. The minimum absolute atomic E-state index is 0.0326. The normalized spacial score (nSPS) is 14.5. The first-order valence-electron chi connectivity index (χ1n) is 18.9. The molecule has 254 valence electrons. The molecule has 9 rings (SSSR count). The Bertz CT molecular complexity index is 2400. The van der Waals surface area contributed by atoms with E-state index in [1.54, 1.807) is 0 Å². The van der Waals surface area contributed by atoms with Gasteiger partial charge >= 0.3 is 0 Å². The molecule has 0 bridgehead atoms. The lowest BCUT2D eigenvalue weighted by molar-refractivity contribution is 0.366. The van der Waals surface area contributed by atoms with Crippen molar-refractivity contribution in [1.82, 2.24) is 0 Å². The molecule has 0 amide bonds. The van der Waals surface area contributed by atoms with Crippen molar-refractivity contribution < 1.29 is 4.42 Å². The number of benzene rings is 7. The molecule has 0 saturated heterocycles. The van der Waals surface area contributed by atoms with E-state index in [0.29, 0.717) is 0 Å². The van der Waals surface area contributed by atoms with Gasteiger partial charge in [0.05, 0.1) is 0 Å². The summed E-state index contributed by atoms with van der Waals surface area (Å²) in [6.07, 6.45) is 8.89. The Hall–Kier alpha value is -5.86. The molecule has 8 aromatic rings. The fourth-order valence-electron chi connectivity index (χ4n) is 8.63. The van der Waals surface area contributed by atoms with Gasteiger partial charge in [-0.05, 0) is 94.8 Å². The van der Waals surface area contributed by atoms with Crippen LogP contribution < -0.4 is 4.90 Å². The Morgan fingerprint density at radius 2 is 0.942 bits per heavy atom. The molecule has 0 N–H and O–H groups in total. The fraction of sp³-hybridized carbons (Fsp3) is 0.160. The molecule has 52 heavy (non-hydrogen) atoms. The van der Waals surface area contributed by atoms with E-state index in [2.05, 4.69) is 181 Å². The Kier molecular flexibility index (Phi) is 8.66. The van der Waals surface area contributed by atoms with E-state index in [0.717, 1.165) is 39.0 Å². The highest BCUT2D eigenvalue weighted by Gasteiger charge is 2.34. The third kappa shape index (κ3) is 5.99. The van der Waals surface area contributed by atoms with Gasteiger partial charge in [0.25, 0.3) is 0 Å². The van der Waals surface area contributed by atoms with Gasteiger partial charge in [0.1, 0.15) is 11.2 Å². The van der Waals surface area contributed by atoms with E-state index in [4.69, 9.17) is 4.42 Å². The van der Waals surface area contributed by atoms with E-state index >= 15 is 0 Å². The molecular weight excluding hydrogens is 631 g/mol. The zero-order valence-corrected chi connectivity index (χ0v) is 29.5. The van der Waals surface area contributed by atoms with Crippen LogP contribution in [0.4, 0.5) is 17.1 Å². The summed E-state index contributed by atoms with van der Waals surface area (Å²) >= 11 is 0. The third-order valence-corrected chi connectivity index (χ3v) is 11.3. The van der Waals surface area contributed by atoms with Crippen molar-refractivity contribution >= 4 is 39.0 Å². The zero-order chi connectivity index (χ0) is 34.7. The topological polar surface area (TPSA) is 16.4 Å². The van der Waals surface area contributed by atoms with Crippen molar-refractivity contribution in [2.75, 3.05) is 4.90 Å². The molecular formula is C50H43NO. The lowest BCUT2D eigenvalue weighted by Gasteiger charge is -2.37. The first-order chi connectivity index (χ1) is 25.8. The summed E-state index contributed by atoms with van der Waals surface area (Å²) in [7, 11) is 0. The van der Waals surface area contributed by atoms with E-state index in [9.17, 15) is 0 Å². The molecule has 1 saturated carbocycles. The van der Waals surface area contributed by atoms with Crippen molar-refractivity contribution in [3.63, 3.8) is 0 Å². The standard InChI is InChI=1S/C50H43NO/c1-2-13-34-50(35-14-3-1,40-20-11-6-12-21-40)41-26-30-43(31-27-41)51(42-28-24-38(25-29-42)37-16-7-4-8-17-37)44-32-33-47-46(36-44)49-45(22-15-23-48(49)52-47)39-18-9-5-10-19-39/h4-12,15-33,36H,1-3,13-14,34-35H2. The van der Waals surface area contributed by atoms with Crippen molar-refractivity contribution in [3.8, 4) is 22.3 Å². The number of anilines is 3. The average molecular weight is 674 g/mol. The summed E-state index contributed by atoms with van der Waals surface area (Å²) in [4.78, 5) is 2.40. The summed E-state index contributed by atoms with van der Waals surface area (Å²) in [6.45, 7) is 0. The van der Waals surface area contributed by atoms with E-state index < -0.39 is 0 Å². The van der Waals surface area contributed by atoms with Gasteiger partial charge in [0, 0.05) is 33.2 Å². The average Bonchev–Trinajstić information content (AvgIpc) is 3.58. The second kappa shape index (κ2) is 14.0. The van der Waals surface area contributed by atoms with E-state index in [1.807, 2.05) is 0 Å². The highest BCUT2D eigenvalue weighted by molar-refractivity contribution is 6.13.